The fourth-order valence-corrected chi connectivity index (χ4v) is 1.77. The molecule has 0 fully saturated rings. The summed E-state index contributed by atoms with van der Waals surface area (Å²) in [5.74, 6) is 0. The van der Waals surface area contributed by atoms with Crippen LogP contribution < -0.4 is 0 Å². The maximum atomic E-state index is 9.51. The number of halogens is 2. The van der Waals surface area contributed by atoms with E-state index in [1.54, 1.807) is 0 Å². The summed E-state index contributed by atoms with van der Waals surface area (Å²) in [5, 5.41) is 18.1. The summed E-state index contributed by atoms with van der Waals surface area (Å²) in [6.45, 7) is 2.05. The van der Waals surface area contributed by atoms with Crippen molar-refractivity contribution in [2.24, 2.45) is 0 Å². The summed E-state index contributed by atoms with van der Waals surface area (Å²) in [5.41, 5.74) is 0. The van der Waals surface area contributed by atoms with E-state index in [2.05, 4.69) is 6.92 Å². The molecule has 0 unspecified atom stereocenters. The van der Waals surface area contributed by atoms with Crippen LogP contribution in [0.4, 0.5) is 0 Å². The first kappa shape index (κ1) is 14.5. The molecule has 0 aliphatic carbocycles. The molecule has 0 heterocycles. The first-order chi connectivity index (χ1) is 6.54. The van der Waals surface area contributed by atoms with Crippen LogP contribution in [0.2, 0.25) is 0 Å². The minimum atomic E-state index is -1.10. The predicted molar refractivity (Wildman–Crippen MR) is 60.9 cm³/mol. The SMILES string of the molecule is CCCCCCC(Cl)(Cl)[C@H](O)CCO. The van der Waals surface area contributed by atoms with Gasteiger partial charge in [0.1, 0.15) is 4.33 Å². The molecule has 0 bridgehead atoms. The van der Waals surface area contributed by atoms with Crippen molar-refractivity contribution in [2.75, 3.05) is 6.61 Å². The van der Waals surface area contributed by atoms with Gasteiger partial charge in [-0.05, 0) is 12.8 Å². The van der Waals surface area contributed by atoms with Gasteiger partial charge in [0.15, 0.2) is 0 Å². The van der Waals surface area contributed by atoms with Gasteiger partial charge in [-0.2, -0.15) is 0 Å². The zero-order valence-corrected chi connectivity index (χ0v) is 10.2. The highest BCUT2D eigenvalue weighted by atomic mass is 35.5. The Labute approximate surface area is 96.2 Å². The maximum absolute atomic E-state index is 9.51. The molecular weight excluding hydrogens is 223 g/mol. The number of hydrogen-bond donors (Lipinski definition) is 2. The number of aliphatic hydroxyl groups excluding tert-OH is 2. The van der Waals surface area contributed by atoms with Crippen molar-refractivity contribution in [1.82, 2.24) is 0 Å². The molecule has 2 N–H and O–H groups in total. The van der Waals surface area contributed by atoms with Crippen LogP contribution in [0, 0.1) is 0 Å². The molecule has 86 valence electrons. The zero-order valence-electron chi connectivity index (χ0n) is 8.68. The molecule has 0 amide bonds. The van der Waals surface area contributed by atoms with Crippen molar-refractivity contribution in [3.63, 3.8) is 0 Å². The molecule has 0 saturated carbocycles. The minimum absolute atomic E-state index is 0.0860. The summed E-state index contributed by atoms with van der Waals surface area (Å²) < 4.78 is -1.10. The highest BCUT2D eigenvalue weighted by Crippen LogP contribution is 2.33. The van der Waals surface area contributed by atoms with Crippen LogP contribution in [0.1, 0.15) is 45.4 Å². The zero-order chi connectivity index (χ0) is 11.0. The Morgan fingerprint density at radius 1 is 1.21 bits per heavy atom. The minimum Gasteiger partial charge on any atom is -0.396 e. The Balaban J connectivity index is 3.69. The molecule has 0 aliphatic heterocycles. The summed E-state index contributed by atoms with van der Waals surface area (Å²) in [6.07, 6.45) is 4.32. The molecule has 0 aromatic carbocycles. The Hall–Kier alpha value is 0.500. The van der Waals surface area contributed by atoms with Gasteiger partial charge in [-0.15, -0.1) is 0 Å². The van der Waals surface area contributed by atoms with Crippen molar-refractivity contribution in [2.45, 2.75) is 55.9 Å². The summed E-state index contributed by atoms with van der Waals surface area (Å²) in [7, 11) is 0. The molecule has 4 heteroatoms. The van der Waals surface area contributed by atoms with E-state index in [9.17, 15) is 5.11 Å². The van der Waals surface area contributed by atoms with Crippen LogP contribution in [0.5, 0.6) is 0 Å². The number of rotatable bonds is 8. The summed E-state index contributed by atoms with van der Waals surface area (Å²) in [4.78, 5) is 0. The molecule has 0 aromatic heterocycles. The van der Waals surface area contributed by atoms with E-state index in [4.69, 9.17) is 28.3 Å². The lowest BCUT2D eigenvalue weighted by atomic mass is 10.1. The van der Waals surface area contributed by atoms with Gasteiger partial charge in [0.05, 0.1) is 6.10 Å². The maximum Gasteiger partial charge on any atom is 0.144 e. The summed E-state index contributed by atoms with van der Waals surface area (Å²) in [6, 6.07) is 0. The van der Waals surface area contributed by atoms with E-state index in [0.29, 0.717) is 6.42 Å². The van der Waals surface area contributed by atoms with Crippen LogP contribution in [0.25, 0.3) is 0 Å². The Morgan fingerprint density at radius 2 is 1.86 bits per heavy atom. The molecule has 0 saturated heterocycles. The number of aliphatic hydroxyl groups is 2. The van der Waals surface area contributed by atoms with Crippen LogP contribution >= 0.6 is 23.2 Å². The largest absolute Gasteiger partial charge is 0.396 e. The van der Waals surface area contributed by atoms with E-state index in [1.807, 2.05) is 0 Å². The number of alkyl halides is 2. The number of unbranched alkanes of at least 4 members (excludes halogenated alkanes) is 3. The predicted octanol–water partition coefficient (Wildman–Crippen LogP) is 2.87. The van der Waals surface area contributed by atoms with Gasteiger partial charge >= 0.3 is 0 Å². The molecule has 0 aromatic rings. The fraction of sp³-hybridized carbons (Fsp3) is 1.00. The van der Waals surface area contributed by atoms with Crippen molar-refractivity contribution >= 4 is 23.2 Å². The Kier molecular flexibility index (Phi) is 8.02. The van der Waals surface area contributed by atoms with E-state index in [0.717, 1.165) is 19.3 Å². The van der Waals surface area contributed by atoms with Gasteiger partial charge in [0.2, 0.25) is 0 Å². The standard InChI is InChI=1S/C10H20Cl2O2/c1-2-3-4-5-7-10(11,12)9(14)6-8-13/h9,13-14H,2-8H2,1H3/t9-/m1/s1. The van der Waals surface area contributed by atoms with Crippen LogP contribution in [0.15, 0.2) is 0 Å². The summed E-state index contributed by atoms with van der Waals surface area (Å²) >= 11 is 11.9. The van der Waals surface area contributed by atoms with Gasteiger partial charge in [0, 0.05) is 6.61 Å². The molecule has 0 radical (unpaired) electrons. The lowest BCUT2D eigenvalue weighted by molar-refractivity contribution is 0.114. The third kappa shape index (κ3) is 6.07. The lowest BCUT2D eigenvalue weighted by Gasteiger charge is -2.25. The first-order valence-corrected chi connectivity index (χ1v) is 5.97. The first-order valence-electron chi connectivity index (χ1n) is 5.21. The molecule has 0 rings (SSSR count). The second kappa shape index (κ2) is 7.75. The van der Waals surface area contributed by atoms with Gasteiger partial charge in [0.25, 0.3) is 0 Å². The molecule has 2 nitrogen and oxygen atoms in total. The quantitative estimate of drug-likeness (QED) is 0.508. The third-order valence-corrected chi connectivity index (χ3v) is 3.14. The molecular formula is C10H20Cl2O2. The van der Waals surface area contributed by atoms with Crippen molar-refractivity contribution in [3.05, 3.63) is 0 Å². The molecule has 0 aliphatic rings. The monoisotopic (exact) mass is 242 g/mol. The highest BCUT2D eigenvalue weighted by molar-refractivity contribution is 6.48. The second-order valence-electron chi connectivity index (χ2n) is 3.60. The Bertz CT molecular complexity index is 140. The molecule has 14 heavy (non-hydrogen) atoms. The second-order valence-corrected chi connectivity index (χ2v) is 5.14. The van der Waals surface area contributed by atoms with Crippen molar-refractivity contribution in [1.29, 1.82) is 0 Å². The van der Waals surface area contributed by atoms with Crippen LogP contribution in [-0.4, -0.2) is 27.3 Å². The average molecular weight is 243 g/mol. The van der Waals surface area contributed by atoms with Crippen molar-refractivity contribution < 1.29 is 10.2 Å². The van der Waals surface area contributed by atoms with Crippen LogP contribution in [-0.2, 0) is 0 Å². The van der Waals surface area contributed by atoms with Gasteiger partial charge in [-0.1, -0.05) is 55.8 Å². The molecule has 0 spiro atoms. The lowest BCUT2D eigenvalue weighted by Crippen LogP contribution is -2.31. The van der Waals surface area contributed by atoms with Gasteiger partial charge in [-0.3, -0.25) is 0 Å². The normalized spacial score (nSPS) is 14.4. The smallest absolute Gasteiger partial charge is 0.144 e. The average Bonchev–Trinajstić information content (AvgIpc) is 2.13. The van der Waals surface area contributed by atoms with Crippen LogP contribution in [0.3, 0.4) is 0 Å². The molecule has 1 atom stereocenters. The highest BCUT2D eigenvalue weighted by Gasteiger charge is 2.32. The van der Waals surface area contributed by atoms with Gasteiger partial charge in [-0.25, -0.2) is 0 Å². The van der Waals surface area contributed by atoms with Crippen molar-refractivity contribution in [3.8, 4) is 0 Å². The number of hydrogen-bond acceptors (Lipinski definition) is 2. The van der Waals surface area contributed by atoms with E-state index >= 15 is 0 Å². The third-order valence-electron chi connectivity index (χ3n) is 2.25. The van der Waals surface area contributed by atoms with E-state index < -0.39 is 10.4 Å². The Morgan fingerprint density at radius 3 is 2.36 bits per heavy atom. The van der Waals surface area contributed by atoms with Gasteiger partial charge < -0.3 is 10.2 Å². The van der Waals surface area contributed by atoms with E-state index in [-0.39, 0.29) is 13.0 Å². The van der Waals surface area contributed by atoms with E-state index in [1.165, 1.54) is 6.42 Å². The fourth-order valence-electron chi connectivity index (χ4n) is 1.29. The topological polar surface area (TPSA) is 40.5 Å².